The van der Waals surface area contributed by atoms with Crippen LogP contribution < -0.4 is 0 Å². The van der Waals surface area contributed by atoms with Gasteiger partial charge in [-0.25, -0.2) is 0 Å². The highest BCUT2D eigenvalue weighted by molar-refractivity contribution is 14.1. The van der Waals surface area contributed by atoms with E-state index in [0.29, 0.717) is 6.42 Å². The quantitative estimate of drug-likeness (QED) is 0.678. The largest absolute Gasteiger partial charge is 0.198 e. The molecule has 0 fully saturated rings. The van der Waals surface area contributed by atoms with Crippen LogP contribution in [0.1, 0.15) is 5.56 Å². The van der Waals surface area contributed by atoms with Crippen LogP contribution in [0.5, 0.6) is 0 Å². The number of nitriles is 1. The van der Waals surface area contributed by atoms with Crippen molar-refractivity contribution in [1.82, 2.24) is 0 Å². The highest BCUT2D eigenvalue weighted by Crippen LogP contribution is 2.33. The number of halogens is 2. The van der Waals surface area contributed by atoms with Crippen molar-refractivity contribution in [2.45, 2.75) is 6.42 Å². The summed E-state index contributed by atoms with van der Waals surface area (Å²) in [4.78, 5) is 0. The Morgan fingerprint density at radius 2 is 2.29 bits per heavy atom. The summed E-state index contributed by atoms with van der Waals surface area (Å²) in [5.74, 6) is 0. The molecule has 14 heavy (non-hydrogen) atoms. The number of thiophene rings is 1. The highest BCUT2D eigenvalue weighted by atomic mass is 127. The van der Waals surface area contributed by atoms with Gasteiger partial charge in [0.1, 0.15) is 0 Å². The van der Waals surface area contributed by atoms with Crippen LogP contribution in [-0.2, 0) is 6.42 Å². The third-order valence-corrected chi connectivity index (χ3v) is 4.61. The molecule has 0 aliphatic carbocycles. The van der Waals surface area contributed by atoms with Crippen LogP contribution in [0.4, 0.5) is 0 Å². The molecule has 0 aliphatic rings. The van der Waals surface area contributed by atoms with Gasteiger partial charge in [0, 0.05) is 23.5 Å². The number of rotatable bonds is 1. The topological polar surface area (TPSA) is 23.8 Å². The van der Waals surface area contributed by atoms with Gasteiger partial charge in [-0.1, -0.05) is 15.9 Å². The Labute approximate surface area is 108 Å². The van der Waals surface area contributed by atoms with Crippen molar-refractivity contribution in [2.75, 3.05) is 0 Å². The Hall–Kier alpha value is -0.120. The Morgan fingerprint density at radius 1 is 1.50 bits per heavy atom. The fraction of sp³-hybridized carbons (Fsp3) is 0.100. The lowest BCUT2D eigenvalue weighted by Gasteiger charge is -2.00. The predicted molar refractivity (Wildman–Crippen MR) is 71.6 cm³/mol. The van der Waals surface area contributed by atoms with Crippen LogP contribution in [0.3, 0.4) is 0 Å². The van der Waals surface area contributed by atoms with Gasteiger partial charge in [0.25, 0.3) is 0 Å². The fourth-order valence-corrected chi connectivity index (χ4v) is 4.16. The van der Waals surface area contributed by atoms with Gasteiger partial charge in [0.05, 0.1) is 12.5 Å². The van der Waals surface area contributed by atoms with Gasteiger partial charge in [-0.3, -0.25) is 0 Å². The van der Waals surface area contributed by atoms with Gasteiger partial charge in [-0.15, -0.1) is 11.3 Å². The van der Waals surface area contributed by atoms with Crippen LogP contribution in [0.25, 0.3) is 10.1 Å². The molecule has 0 saturated heterocycles. The number of nitrogens with zero attached hydrogens (tertiary/aromatic N) is 1. The van der Waals surface area contributed by atoms with Crippen LogP contribution in [-0.4, -0.2) is 0 Å². The molecule has 0 amide bonds. The van der Waals surface area contributed by atoms with Crippen molar-refractivity contribution in [3.8, 4) is 6.07 Å². The zero-order valence-corrected chi connectivity index (χ0v) is 11.6. The summed E-state index contributed by atoms with van der Waals surface area (Å²) in [7, 11) is 0. The smallest absolute Gasteiger partial charge is 0.0669 e. The second-order valence-corrected chi connectivity index (χ2v) is 5.85. The Kier molecular flexibility index (Phi) is 3.10. The maximum absolute atomic E-state index is 8.73. The molecule has 4 heteroatoms. The first-order chi connectivity index (χ1) is 6.72. The van der Waals surface area contributed by atoms with Crippen molar-refractivity contribution in [2.24, 2.45) is 0 Å². The average molecular weight is 378 g/mol. The van der Waals surface area contributed by atoms with E-state index < -0.39 is 0 Å². The molecule has 0 spiro atoms. The molecular weight excluding hydrogens is 373 g/mol. The number of benzene rings is 1. The van der Waals surface area contributed by atoms with E-state index in [1.54, 1.807) is 11.3 Å². The molecule has 0 atom stereocenters. The van der Waals surface area contributed by atoms with E-state index in [0.717, 1.165) is 10.0 Å². The number of fused-ring (bicyclic) bond motifs is 1. The zero-order valence-electron chi connectivity index (χ0n) is 7.05. The van der Waals surface area contributed by atoms with E-state index in [9.17, 15) is 0 Å². The van der Waals surface area contributed by atoms with Crippen molar-refractivity contribution in [3.63, 3.8) is 0 Å². The molecule has 2 aromatic rings. The molecule has 2 rings (SSSR count). The van der Waals surface area contributed by atoms with Crippen LogP contribution in [0, 0.1) is 14.9 Å². The summed E-state index contributed by atoms with van der Waals surface area (Å²) in [6.07, 6.45) is 0.475. The molecule has 1 heterocycles. The number of hydrogen-bond acceptors (Lipinski definition) is 2. The van der Waals surface area contributed by atoms with Crippen LogP contribution in [0.2, 0.25) is 0 Å². The van der Waals surface area contributed by atoms with Gasteiger partial charge < -0.3 is 0 Å². The predicted octanol–water partition coefficient (Wildman–Crippen LogP) is 4.33. The van der Waals surface area contributed by atoms with Crippen molar-refractivity contribution in [1.29, 1.82) is 5.26 Å². The van der Waals surface area contributed by atoms with E-state index in [4.69, 9.17) is 5.26 Å². The molecular formula is C10H5BrINS. The Morgan fingerprint density at radius 3 is 3.00 bits per heavy atom. The van der Waals surface area contributed by atoms with Crippen molar-refractivity contribution >= 4 is 59.9 Å². The summed E-state index contributed by atoms with van der Waals surface area (Å²) >= 11 is 7.49. The molecule has 0 unspecified atom stereocenters. The van der Waals surface area contributed by atoms with Gasteiger partial charge in [-0.05, 0) is 40.3 Å². The van der Waals surface area contributed by atoms with E-state index in [-0.39, 0.29) is 0 Å². The van der Waals surface area contributed by atoms with E-state index >= 15 is 0 Å². The first-order valence-electron chi connectivity index (χ1n) is 3.94. The number of hydrogen-bond donors (Lipinski definition) is 0. The maximum Gasteiger partial charge on any atom is 0.0669 e. The summed E-state index contributed by atoms with van der Waals surface area (Å²) < 4.78 is 3.53. The summed E-state index contributed by atoms with van der Waals surface area (Å²) in [6, 6.07) is 6.33. The first kappa shape index (κ1) is 10.4. The van der Waals surface area contributed by atoms with Gasteiger partial charge in [0.15, 0.2) is 0 Å². The second kappa shape index (κ2) is 4.17. The molecule has 0 radical (unpaired) electrons. The van der Waals surface area contributed by atoms with Crippen molar-refractivity contribution < 1.29 is 0 Å². The molecule has 0 bridgehead atoms. The Bertz CT molecular complexity index is 527. The third-order valence-electron chi connectivity index (χ3n) is 1.95. The summed E-state index contributed by atoms with van der Waals surface area (Å²) in [5, 5.41) is 12.1. The SMILES string of the molecule is N#CCc1cc(Br)cc2scc(I)c12. The monoisotopic (exact) mass is 377 g/mol. The van der Waals surface area contributed by atoms with Crippen molar-refractivity contribution in [3.05, 3.63) is 31.1 Å². The standard InChI is InChI=1S/C10H5BrINS/c11-7-3-6(1-2-13)10-8(12)5-14-9(10)4-7/h3-5H,1H2. The lowest BCUT2D eigenvalue weighted by Crippen LogP contribution is -1.84. The lowest BCUT2D eigenvalue weighted by atomic mass is 10.1. The molecule has 0 N–H and O–H groups in total. The summed E-state index contributed by atoms with van der Waals surface area (Å²) in [6.45, 7) is 0. The van der Waals surface area contributed by atoms with E-state index in [1.165, 1.54) is 13.7 Å². The Balaban J connectivity index is 2.78. The molecule has 1 aromatic heterocycles. The van der Waals surface area contributed by atoms with Gasteiger partial charge >= 0.3 is 0 Å². The molecule has 1 nitrogen and oxygen atoms in total. The minimum Gasteiger partial charge on any atom is -0.198 e. The fourth-order valence-electron chi connectivity index (χ4n) is 1.40. The van der Waals surface area contributed by atoms with Crippen LogP contribution in [0.15, 0.2) is 22.0 Å². The first-order valence-corrected chi connectivity index (χ1v) is 6.69. The maximum atomic E-state index is 8.73. The average Bonchev–Trinajstić information content (AvgIpc) is 2.48. The minimum atomic E-state index is 0.475. The second-order valence-electron chi connectivity index (χ2n) is 2.86. The normalized spacial score (nSPS) is 10.4. The minimum absolute atomic E-state index is 0.475. The molecule has 0 aliphatic heterocycles. The van der Waals surface area contributed by atoms with E-state index in [2.05, 4.69) is 56.0 Å². The molecule has 0 saturated carbocycles. The highest BCUT2D eigenvalue weighted by Gasteiger charge is 2.08. The van der Waals surface area contributed by atoms with Gasteiger partial charge in [-0.2, -0.15) is 5.26 Å². The van der Waals surface area contributed by atoms with Crippen LogP contribution >= 0.6 is 49.9 Å². The van der Waals surface area contributed by atoms with Gasteiger partial charge in [0.2, 0.25) is 0 Å². The molecule has 1 aromatic carbocycles. The zero-order chi connectivity index (χ0) is 10.1. The lowest BCUT2D eigenvalue weighted by molar-refractivity contribution is 1.28. The third kappa shape index (κ3) is 1.81. The molecule has 70 valence electrons. The van der Waals surface area contributed by atoms with E-state index in [1.807, 2.05) is 6.07 Å². The summed E-state index contributed by atoms with van der Waals surface area (Å²) in [5.41, 5.74) is 1.11.